The van der Waals surface area contributed by atoms with E-state index in [-0.39, 0.29) is 0 Å². The Kier molecular flexibility index (Phi) is 5.73. The number of hydrogen-bond acceptors (Lipinski definition) is 3. The molecule has 0 radical (unpaired) electrons. The van der Waals surface area contributed by atoms with E-state index in [1.807, 2.05) is 24.2 Å². The molecular formula is C12H20N2S. The van der Waals surface area contributed by atoms with Gasteiger partial charge in [-0.15, -0.1) is 11.8 Å². The highest BCUT2D eigenvalue weighted by atomic mass is 32.2. The van der Waals surface area contributed by atoms with Gasteiger partial charge in [0.1, 0.15) is 0 Å². The molecule has 2 nitrogen and oxygen atoms in total. The normalized spacial score (nSPS) is 10.9. The Morgan fingerprint density at radius 2 is 2.20 bits per heavy atom. The van der Waals surface area contributed by atoms with Crippen LogP contribution in [0.5, 0.6) is 0 Å². The Labute approximate surface area is 96.9 Å². The van der Waals surface area contributed by atoms with Crippen molar-refractivity contribution in [1.82, 2.24) is 10.3 Å². The van der Waals surface area contributed by atoms with E-state index in [0.29, 0.717) is 6.04 Å². The van der Waals surface area contributed by atoms with Gasteiger partial charge >= 0.3 is 0 Å². The number of aryl methyl sites for hydroxylation is 1. The predicted molar refractivity (Wildman–Crippen MR) is 67.5 cm³/mol. The van der Waals surface area contributed by atoms with Crippen molar-refractivity contribution in [2.24, 2.45) is 0 Å². The Morgan fingerprint density at radius 1 is 1.40 bits per heavy atom. The van der Waals surface area contributed by atoms with Crippen LogP contribution in [-0.4, -0.2) is 23.3 Å². The lowest BCUT2D eigenvalue weighted by Gasteiger charge is -2.07. The zero-order valence-corrected chi connectivity index (χ0v) is 10.6. The van der Waals surface area contributed by atoms with Crippen LogP contribution >= 0.6 is 11.8 Å². The zero-order valence-electron chi connectivity index (χ0n) is 9.79. The summed E-state index contributed by atoms with van der Waals surface area (Å²) in [6.07, 6.45) is 4.95. The van der Waals surface area contributed by atoms with Crippen LogP contribution < -0.4 is 5.32 Å². The maximum absolute atomic E-state index is 4.23. The van der Waals surface area contributed by atoms with E-state index in [2.05, 4.69) is 37.1 Å². The average molecular weight is 224 g/mol. The van der Waals surface area contributed by atoms with E-state index >= 15 is 0 Å². The maximum Gasteiger partial charge on any atom is 0.0404 e. The summed E-state index contributed by atoms with van der Waals surface area (Å²) in [5.74, 6) is 1.10. The van der Waals surface area contributed by atoms with Crippen LogP contribution in [0.25, 0.3) is 0 Å². The van der Waals surface area contributed by atoms with Crippen LogP contribution in [0.1, 0.15) is 26.3 Å². The van der Waals surface area contributed by atoms with Crippen molar-refractivity contribution in [3.05, 3.63) is 24.0 Å². The summed E-state index contributed by atoms with van der Waals surface area (Å²) in [4.78, 5) is 5.51. The summed E-state index contributed by atoms with van der Waals surface area (Å²) in [5, 5.41) is 3.40. The second-order valence-electron chi connectivity index (χ2n) is 3.84. The second-order valence-corrected chi connectivity index (χ2v) is 5.01. The smallest absolute Gasteiger partial charge is 0.0404 e. The molecule has 0 atom stereocenters. The van der Waals surface area contributed by atoms with Crippen LogP contribution in [0.2, 0.25) is 0 Å². The highest BCUT2D eigenvalue weighted by Gasteiger charge is 1.97. The number of nitrogens with one attached hydrogen (secondary N) is 1. The molecular weight excluding hydrogens is 204 g/mol. The van der Waals surface area contributed by atoms with E-state index in [4.69, 9.17) is 0 Å². The largest absolute Gasteiger partial charge is 0.314 e. The van der Waals surface area contributed by atoms with Crippen LogP contribution in [0.3, 0.4) is 0 Å². The van der Waals surface area contributed by atoms with Gasteiger partial charge in [-0.2, -0.15) is 0 Å². The molecule has 1 heterocycles. The Bertz CT molecular complexity index is 287. The molecule has 3 heteroatoms. The van der Waals surface area contributed by atoms with Gasteiger partial charge in [-0.1, -0.05) is 20.8 Å². The first-order valence-corrected chi connectivity index (χ1v) is 6.51. The number of aromatic nitrogens is 1. The van der Waals surface area contributed by atoms with E-state index < -0.39 is 0 Å². The van der Waals surface area contributed by atoms with Crippen molar-refractivity contribution in [2.45, 2.75) is 38.1 Å². The molecule has 1 N–H and O–H groups in total. The van der Waals surface area contributed by atoms with Crippen molar-refractivity contribution < 1.29 is 0 Å². The molecule has 1 aromatic heterocycles. The van der Waals surface area contributed by atoms with E-state index in [1.54, 1.807) is 0 Å². The molecule has 0 aliphatic rings. The fourth-order valence-corrected chi connectivity index (χ4v) is 2.08. The zero-order chi connectivity index (χ0) is 11.1. The highest BCUT2D eigenvalue weighted by Crippen LogP contribution is 2.17. The summed E-state index contributed by atoms with van der Waals surface area (Å²) < 4.78 is 0. The third kappa shape index (κ3) is 5.19. The summed E-state index contributed by atoms with van der Waals surface area (Å²) >= 11 is 1.87. The van der Waals surface area contributed by atoms with E-state index in [1.165, 1.54) is 10.5 Å². The van der Waals surface area contributed by atoms with Crippen LogP contribution in [0.4, 0.5) is 0 Å². The highest BCUT2D eigenvalue weighted by molar-refractivity contribution is 7.99. The number of pyridine rings is 1. The summed E-state index contributed by atoms with van der Waals surface area (Å²) in [6, 6.07) is 2.80. The first-order valence-electron chi connectivity index (χ1n) is 5.52. The van der Waals surface area contributed by atoms with Gasteiger partial charge in [-0.25, -0.2) is 0 Å². The van der Waals surface area contributed by atoms with Crippen molar-refractivity contribution in [1.29, 1.82) is 0 Å². The Morgan fingerprint density at radius 3 is 2.87 bits per heavy atom. The van der Waals surface area contributed by atoms with E-state index in [0.717, 1.165) is 18.7 Å². The number of thioether (sulfide) groups is 1. The first kappa shape index (κ1) is 12.5. The van der Waals surface area contributed by atoms with E-state index in [9.17, 15) is 0 Å². The molecule has 0 unspecified atom stereocenters. The molecule has 0 bridgehead atoms. The maximum atomic E-state index is 4.23. The molecule has 1 aromatic rings. The van der Waals surface area contributed by atoms with Crippen molar-refractivity contribution in [2.75, 3.05) is 12.3 Å². The average Bonchev–Trinajstić information content (AvgIpc) is 2.24. The number of hydrogen-bond donors (Lipinski definition) is 1. The van der Waals surface area contributed by atoms with Gasteiger partial charge in [-0.3, -0.25) is 4.98 Å². The SMILES string of the molecule is CCc1cncc(SCCNC(C)C)c1. The minimum Gasteiger partial charge on any atom is -0.314 e. The van der Waals surface area contributed by atoms with Crippen LogP contribution in [0, 0.1) is 0 Å². The van der Waals surface area contributed by atoms with Gasteiger partial charge < -0.3 is 5.32 Å². The molecule has 15 heavy (non-hydrogen) atoms. The molecule has 0 saturated carbocycles. The molecule has 0 aliphatic heterocycles. The summed E-state index contributed by atoms with van der Waals surface area (Å²) in [7, 11) is 0. The molecule has 0 saturated heterocycles. The minimum absolute atomic E-state index is 0.575. The fraction of sp³-hybridized carbons (Fsp3) is 0.583. The standard InChI is InChI=1S/C12H20N2S/c1-4-11-7-12(9-13-8-11)15-6-5-14-10(2)3/h7-10,14H,4-6H2,1-3H3. The number of nitrogens with zero attached hydrogens (tertiary/aromatic N) is 1. The van der Waals surface area contributed by atoms with Gasteiger partial charge in [0.2, 0.25) is 0 Å². The molecule has 0 aliphatic carbocycles. The van der Waals surface area contributed by atoms with Gasteiger partial charge in [0.05, 0.1) is 0 Å². The lowest BCUT2D eigenvalue weighted by atomic mass is 10.2. The van der Waals surface area contributed by atoms with Crippen LogP contribution in [-0.2, 0) is 6.42 Å². The molecule has 0 spiro atoms. The lowest BCUT2D eigenvalue weighted by molar-refractivity contribution is 0.616. The molecule has 0 aromatic carbocycles. The summed E-state index contributed by atoms with van der Waals surface area (Å²) in [6.45, 7) is 7.55. The molecule has 0 amide bonds. The monoisotopic (exact) mass is 224 g/mol. The Hall–Kier alpha value is -0.540. The van der Waals surface area contributed by atoms with Crippen molar-refractivity contribution in [3.8, 4) is 0 Å². The molecule has 84 valence electrons. The summed E-state index contributed by atoms with van der Waals surface area (Å²) in [5.41, 5.74) is 1.32. The quantitative estimate of drug-likeness (QED) is 0.594. The van der Waals surface area contributed by atoms with Gasteiger partial charge in [0.25, 0.3) is 0 Å². The fourth-order valence-electron chi connectivity index (χ4n) is 1.25. The topological polar surface area (TPSA) is 24.9 Å². The molecule has 0 fully saturated rings. The molecule has 1 rings (SSSR count). The third-order valence-corrected chi connectivity index (χ3v) is 3.07. The Balaban J connectivity index is 2.30. The number of rotatable bonds is 6. The van der Waals surface area contributed by atoms with Crippen LogP contribution in [0.15, 0.2) is 23.4 Å². The van der Waals surface area contributed by atoms with Crippen molar-refractivity contribution >= 4 is 11.8 Å². The second kappa shape index (κ2) is 6.85. The minimum atomic E-state index is 0.575. The first-order chi connectivity index (χ1) is 7.22. The van der Waals surface area contributed by atoms with Gasteiger partial charge in [-0.05, 0) is 18.1 Å². The van der Waals surface area contributed by atoms with Gasteiger partial charge in [0, 0.05) is 35.6 Å². The predicted octanol–water partition coefficient (Wildman–Crippen LogP) is 2.73. The van der Waals surface area contributed by atoms with Gasteiger partial charge in [0.15, 0.2) is 0 Å². The lowest BCUT2D eigenvalue weighted by Crippen LogP contribution is -2.24. The van der Waals surface area contributed by atoms with Crippen molar-refractivity contribution in [3.63, 3.8) is 0 Å². The third-order valence-electron chi connectivity index (χ3n) is 2.10.